The van der Waals surface area contributed by atoms with Gasteiger partial charge in [-0.25, -0.2) is 4.98 Å². The number of nitrogens with zero attached hydrogens (tertiary/aromatic N) is 3. The van der Waals surface area contributed by atoms with Gasteiger partial charge in [-0.15, -0.1) is 0 Å². The maximum absolute atomic E-state index is 12.9. The van der Waals surface area contributed by atoms with Crippen molar-refractivity contribution in [2.75, 3.05) is 6.54 Å². The molecule has 0 radical (unpaired) electrons. The summed E-state index contributed by atoms with van der Waals surface area (Å²) in [6, 6.07) is 4.33. The molecule has 4 rings (SSSR count). The standard InChI is InChI=1S/C20H22Cl2N4O2/c21-15-7-6-13(10-16(15)22)20(28)26-9-3-4-17(26)19(27)24-12-14-11-23-18-5-1-2-8-25(14)18/h6-7,10-11,17H,1-5,8-9,12H2,(H,24,27). The Morgan fingerprint density at radius 3 is 2.82 bits per heavy atom. The molecular formula is C20H22Cl2N4O2. The zero-order chi connectivity index (χ0) is 19.7. The first kappa shape index (κ1) is 19.3. The molecular weight excluding hydrogens is 399 g/mol. The lowest BCUT2D eigenvalue weighted by atomic mass is 10.1. The van der Waals surface area contributed by atoms with Gasteiger partial charge in [0.15, 0.2) is 0 Å². The summed E-state index contributed by atoms with van der Waals surface area (Å²) < 4.78 is 2.19. The first-order valence-electron chi connectivity index (χ1n) is 9.61. The largest absolute Gasteiger partial charge is 0.349 e. The van der Waals surface area contributed by atoms with E-state index in [0.717, 1.165) is 43.7 Å². The summed E-state index contributed by atoms with van der Waals surface area (Å²) in [7, 11) is 0. The van der Waals surface area contributed by atoms with Crippen LogP contribution in [0.2, 0.25) is 10.0 Å². The van der Waals surface area contributed by atoms with Gasteiger partial charge in [0.1, 0.15) is 11.9 Å². The van der Waals surface area contributed by atoms with Gasteiger partial charge in [-0.2, -0.15) is 0 Å². The van der Waals surface area contributed by atoms with Gasteiger partial charge in [0.2, 0.25) is 5.91 Å². The number of carbonyl (C=O) groups is 2. The minimum Gasteiger partial charge on any atom is -0.349 e. The van der Waals surface area contributed by atoms with Crippen molar-refractivity contribution in [3.63, 3.8) is 0 Å². The highest BCUT2D eigenvalue weighted by Gasteiger charge is 2.34. The zero-order valence-corrected chi connectivity index (χ0v) is 17.0. The molecule has 3 heterocycles. The van der Waals surface area contributed by atoms with Crippen LogP contribution in [-0.2, 0) is 24.3 Å². The summed E-state index contributed by atoms with van der Waals surface area (Å²) >= 11 is 12.0. The van der Waals surface area contributed by atoms with Crippen LogP contribution in [0.15, 0.2) is 24.4 Å². The van der Waals surface area contributed by atoms with Crippen LogP contribution < -0.4 is 5.32 Å². The normalized spacial score (nSPS) is 18.8. The van der Waals surface area contributed by atoms with Crippen molar-refractivity contribution in [1.29, 1.82) is 0 Å². The first-order valence-corrected chi connectivity index (χ1v) is 10.4. The lowest BCUT2D eigenvalue weighted by Crippen LogP contribution is -2.45. The number of likely N-dealkylation sites (tertiary alicyclic amines) is 1. The number of carbonyl (C=O) groups excluding carboxylic acids is 2. The molecule has 1 N–H and O–H groups in total. The number of fused-ring (bicyclic) bond motifs is 1. The molecule has 1 atom stereocenters. The average Bonchev–Trinajstić information content (AvgIpc) is 3.35. The third kappa shape index (κ3) is 3.76. The molecule has 2 aliphatic heterocycles. The summed E-state index contributed by atoms with van der Waals surface area (Å²) in [5, 5.41) is 3.73. The van der Waals surface area contributed by atoms with Gasteiger partial charge in [0, 0.05) is 25.1 Å². The van der Waals surface area contributed by atoms with Crippen molar-refractivity contribution in [1.82, 2.24) is 19.8 Å². The molecule has 6 nitrogen and oxygen atoms in total. The first-order chi connectivity index (χ1) is 13.5. The molecule has 0 spiro atoms. The Morgan fingerprint density at radius 2 is 2.00 bits per heavy atom. The Balaban J connectivity index is 1.42. The maximum Gasteiger partial charge on any atom is 0.254 e. The van der Waals surface area contributed by atoms with E-state index in [1.165, 1.54) is 0 Å². The predicted molar refractivity (Wildman–Crippen MR) is 108 cm³/mol. The number of benzene rings is 1. The Hall–Kier alpha value is -2.05. The van der Waals surface area contributed by atoms with Crippen molar-refractivity contribution in [2.24, 2.45) is 0 Å². The van der Waals surface area contributed by atoms with Crippen molar-refractivity contribution >= 4 is 35.0 Å². The summed E-state index contributed by atoms with van der Waals surface area (Å²) in [4.78, 5) is 31.8. The predicted octanol–water partition coefficient (Wildman–Crippen LogP) is 3.45. The number of nitrogens with one attached hydrogen (secondary N) is 1. The maximum atomic E-state index is 12.9. The molecule has 1 aromatic heterocycles. The molecule has 0 aliphatic carbocycles. The number of halogens is 2. The van der Waals surface area contributed by atoms with Gasteiger partial charge >= 0.3 is 0 Å². The minimum atomic E-state index is -0.467. The smallest absolute Gasteiger partial charge is 0.254 e. The van der Waals surface area contributed by atoms with Crippen molar-refractivity contribution in [3.8, 4) is 0 Å². The Bertz CT molecular complexity index is 912. The Morgan fingerprint density at radius 1 is 1.14 bits per heavy atom. The van der Waals surface area contributed by atoms with E-state index in [9.17, 15) is 9.59 Å². The molecule has 2 amide bonds. The van der Waals surface area contributed by atoms with Gasteiger partial charge in [-0.1, -0.05) is 23.2 Å². The Kier molecular flexibility index (Phi) is 5.60. The van der Waals surface area contributed by atoms with Crippen LogP contribution in [0.4, 0.5) is 0 Å². The average molecular weight is 421 g/mol. The minimum absolute atomic E-state index is 0.128. The molecule has 148 valence electrons. The van der Waals surface area contributed by atoms with E-state index in [1.54, 1.807) is 23.1 Å². The van der Waals surface area contributed by atoms with Crippen LogP contribution in [0.1, 0.15) is 47.6 Å². The molecule has 0 bridgehead atoms. The quantitative estimate of drug-likeness (QED) is 0.823. The molecule has 1 saturated heterocycles. The zero-order valence-electron chi connectivity index (χ0n) is 15.5. The van der Waals surface area contributed by atoms with Gasteiger partial charge in [0.25, 0.3) is 5.91 Å². The fraction of sp³-hybridized carbons (Fsp3) is 0.450. The second kappa shape index (κ2) is 8.13. The van der Waals surface area contributed by atoms with E-state index in [-0.39, 0.29) is 11.8 Å². The molecule has 1 fully saturated rings. The number of rotatable bonds is 4. The number of aromatic nitrogens is 2. The van der Waals surface area contributed by atoms with E-state index in [2.05, 4.69) is 14.9 Å². The third-order valence-corrected chi connectivity index (χ3v) is 6.22. The number of aryl methyl sites for hydroxylation is 1. The van der Waals surface area contributed by atoms with Crippen LogP contribution in [0.5, 0.6) is 0 Å². The highest BCUT2D eigenvalue weighted by atomic mass is 35.5. The van der Waals surface area contributed by atoms with Crippen LogP contribution in [0.3, 0.4) is 0 Å². The van der Waals surface area contributed by atoms with E-state index in [1.807, 2.05) is 6.20 Å². The van der Waals surface area contributed by atoms with E-state index in [0.29, 0.717) is 35.1 Å². The van der Waals surface area contributed by atoms with Gasteiger partial charge in [-0.3, -0.25) is 9.59 Å². The molecule has 0 saturated carbocycles. The Labute approximate surface area is 173 Å². The second-order valence-electron chi connectivity index (χ2n) is 7.28. The monoisotopic (exact) mass is 420 g/mol. The van der Waals surface area contributed by atoms with Gasteiger partial charge in [-0.05, 0) is 43.9 Å². The van der Waals surface area contributed by atoms with Gasteiger partial charge < -0.3 is 14.8 Å². The van der Waals surface area contributed by atoms with E-state index < -0.39 is 6.04 Å². The van der Waals surface area contributed by atoms with E-state index in [4.69, 9.17) is 23.2 Å². The van der Waals surface area contributed by atoms with Crippen LogP contribution >= 0.6 is 23.2 Å². The van der Waals surface area contributed by atoms with Crippen LogP contribution in [-0.4, -0.2) is 38.9 Å². The lowest BCUT2D eigenvalue weighted by molar-refractivity contribution is -0.125. The van der Waals surface area contributed by atoms with Crippen molar-refractivity contribution < 1.29 is 9.59 Å². The third-order valence-electron chi connectivity index (χ3n) is 5.48. The molecule has 2 aliphatic rings. The lowest BCUT2D eigenvalue weighted by Gasteiger charge is -2.24. The second-order valence-corrected chi connectivity index (χ2v) is 8.09. The fourth-order valence-corrected chi connectivity index (χ4v) is 4.29. The highest BCUT2D eigenvalue weighted by molar-refractivity contribution is 6.42. The van der Waals surface area contributed by atoms with Crippen LogP contribution in [0.25, 0.3) is 0 Å². The van der Waals surface area contributed by atoms with Crippen LogP contribution in [0, 0.1) is 0 Å². The fourth-order valence-electron chi connectivity index (χ4n) is 3.99. The number of hydrogen-bond donors (Lipinski definition) is 1. The van der Waals surface area contributed by atoms with Crippen molar-refractivity contribution in [3.05, 3.63) is 51.5 Å². The summed E-state index contributed by atoms with van der Waals surface area (Å²) in [6.07, 6.45) is 6.59. The number of imidazole rings is 1. The SMILES string of the molecule is O=C(NCc1cnc2n1CCCC2)C1CCCN1C(=O)c1ccc(Cl)c(Cl)c1. The summed E-state index contributed by atoms with van der Waals surface area (Å²) in [6.45, 7) is 1.93. The topological polar surface area (TPSA) is 67.2 Å². The molecule has 1 aromatic carbocycles. The molecule has 1 unspecified atom stereocenters. The van der Waals surface area contributed by atoms with Gasteiger partial charge in [0.05, 0.1) is 28.5 Å². The summed E-state index contributed by atoms with van der Waals surface area (Å²) in [5.74, 6) is 0.767. The highest BCUT2D eigenvalue weighted by Crippen LogP contribution is 2.26. The summed E-state index contributed by atoms with van der Waals surface area (Å²) in [5.41, 5.74) is 1.46. The van der Waals surface area contributed by atoms with Crippen molar-refractivity contribution in [2.45, 2.75) is 51.2 Å². The molecule has 28 heavy (non-hydrogen) atoms. The number of hydrogen-bond acceptors (Lipinski definition) is 3. The number of amides is 2. The van der Waals surface area contributed by atoms with E-state index >= 15 is 0 Å². The molecule has 2 aromatic rings. The molecule has 8 heteroatoms.